The minimum Gasteiger partial charge on any atom is -0.321 e. The highest BCUT2D eigenvalue weighted by Gasteiger charge is 2.22. The van der Waals surface area contributed by atoms with E-state index >= 15 is 0 Å². The molecule has 0 atom stereocenters. The summed E-state index contributed by atoms with van der Waals surface area (Å²) in [7, 11) is 0. The first-order chi connectivity index (χ1) is 14.1. The van der Waals surface area contributed by atoms with Crippen molar-refractivity contribution in [3.05, 3.63) is 61.7 Å². The van der Waals surface area contributed by atoms with Crippen molar-refractivity contribution in [3.63, 3.8) is 0 Å². The van der Waals surface area contributed by atoms with Crippen molar-refractivity contribution in [2.24, 2.45) is 0 Å². The minimum absolute atomic E-state index is 0.168. The Kier molecular flexibility index (Phi) is 4.61. The van der Waals surface area contributed by atoms with Gasteiger partial charge in [-0.3, -0.25) is 9.59 Å². The number of fused-ring (bicyclic) bond motifs is 3. The van der Waals surface area contributed by atoms with Gasteiger partial charge in [0, 0.05) is 12.0 Å². The molecule has 0 spiro atoms. The zero-order valence-corrected chi connectivity index (χ0v) is 16.9. The number of hydrogen-bond donors (Lipinski definition) is 3. The molecule has 0 bridgehead atoms. The maximum atomic E-state index is 12.6. The standard InChI is InChI=1S/C20H18ClN5O2S/c21-16-5-4-15(29-16)20(28)23-12-2-1-3-13-18(12)19-24-17(27)10-14(26(19)25-13)11-6-8-22-9-7-11/h1-5,10-11,22H,6-9H2,(H,23,28)(H,24,27). The maximum Gasteiger partial charge on any atom is 0.265 e. The fourth-order valence-corrected chi connectivity index (χ4v) is 4.86. The van der Waals surface area contributed by atoms with Crippen molar-refractivity contribution in [3.8, 4) is 0 Å². The number of rotatable bonds is 3. The quantitative estimate of drug-likeness (QED) is 0.465. The summed E-state index contributed by atoms with van der Waals surface area (Å²) >= 11 is 7.17. The van der Waals surface area contributed by atoms with Crippen LogP contribution in [0.3, 0.4) is 0 Å². The van der Waals surface area contributed by atoms with Crippen molar-refractivity contribution in [1.29, 1.82) is 0 Å². The molecular formula is C20H18ClN5O2S. The van der Waals surface area contributed by atoms with Crippen LogP contribution in [0.1, 0.15) is 34.1 Å². The van der Waals surface area contributed by atoms with E-state index in [1.165, 1.54) is 11.3 Å². The van der Waals surface area contributed by atoms with Crippen molar-refractivity contribution in [2.45, 2.75) is 18.8 Å². The van der Waals surface area contributed by atoms with E-state index < -0.39 is 0 Å². The van der Waals surface area contributed by atoms with Gasteiger partial charge in [0.05, 0.1) is 31.5 Å². The molecule has 1 aliphatic heterocycles. The lowest BCUT2D eigenvalue weighted by Gasteiger charge is -2.23. The van der Waals surface area contributed by atoms with Gasteiger partial charge in [0.1, 0.15) is 5.65 Å². The monoisotopic (exact) mass is 427 g/mol. The van der Waals surface area contributed by atoms with E-state index in [4.69, 9.17) is 16.7 Å². The number of piperidine rings is 1. The molecule has 0 radical (unpaired) electrons. The molecule has 5 rings (SSSR count). The number of carbonyl (C=O) groups excluding carboxylic acids is 1. The van der Waals surface area contributed by atoms with E-state index in [0.29, 0.717) is 26.1 Å². The second-order valence-electron chi connectivity index (χ2n) is 7.10. The summed E-state index contributed by atoms with van der Waals surface area (Å²) in [5.41, 5.74) is 2.65. The molecule has 1 fully saturated rings. The van der Waals surface area contributed by atoms with Crippen LogP contribution in [0, 0.1) is 0 Å². The lowest BCUT2D eigenvalue weighted by atomic mass is 9.94. The Morgan fingerprint density at radius 3 is 2.83 bits per heavy atom. The molecule has 0 saturated carbocycles. The van der Waals surface area contributed by atoms with Gasteiger partial charge in [0.25, 0.3) is 11.5 Å². The lowest BCUT2D eigenvalue weighted by Crippen LogP contribution is -2.28. The number of H-pyrrole nitrogens is 1. The predicted octanol–water partition coefficient (Wildman–Crippen LogP) is 3.61. The summed E-state index contributed by atoms with van der Waals surface area (Å²) in [4.78, 5) is 28.5. The summed E-state index contributed by atoms with van der Waals surface area (Å²) in [6, 6.07) is 10.6. The smallest absolute Gasteiger partial charge is 0.265 e. The van der Waals surface area contributed by atoms with Gasteiger partial charge >= 0.3 is 0 Å². The molecule has 4 aromatic rings. The topological polar surface area (TPSA) is 91.3 Å². The summed E-state index contributed by atoms with van der Waals surface area (Å²) in [6.07, 6.45) is 1.91. The van der Waals surface area contributed by atoms with Gasteiger partial charge in [-0.15, -0.1) is 11.3 Å². The number of nitrogens with zero attached hydrogens (tertiary/aromatic N) is 2. The molecule has 0 unspecified atom stereocenters. The van der Waals surface area contributed by atoms with E-state index in [-0.39, 0.29) is 17.4 Å². The third kappa shape index (κ3) is 3.33. The van der Waals surface area contributed by atoms with Gasteiger partial charge in [-0.25, -0.2) is 4.52 Å². The van der Waals surface area contributed by atoms with E-state index in [1.54, 1.807) is 18.2 Å². The first kappa shape index (κ1) is 18.4. The number of thiophene rings is 1. The molecule has 4 heterocycles. The van der Waals surface area contributed by atoms with E-state index in [2.05, 4.69) is 15.6 Å². The number of halogens is 1. The van der Waals surface area contributed by atoms with Crippen LogP contribution in [0.25, 0.3) is 16.6 Å². The zero-order valence-electron chi connectivity index (χ0n) is 15.4. The third-order valence-electron chi connectivity index (χ3n) is 5.27. The van der Waals surface area contributed by atoms with Gasteiger partial charge in [0.2, 0.25) is 0 Å². The van der Waals surface area contributed by atoms with Gasteiger partial charge in [-0.1, -0.05) is 17.7 Å². The van der Waals surface area contributed by atoms with Gasteiger partial charge in [0.15, 0.2) is 0 Å². The highest BCUT2D eigenvalue weighted by atomic mass is 35.5. The van der Waals surface area contributed by atoms with E-state index in [9.17, 15) is 9.59 Å². The van der Waals surface area contributed by atoms with Crippen LogP contribution in [0.4, 0.5) is 5.69 Å². The molecule has 0 aliphatic carbocycles. The van der Waals surface area contributed by atoms with Crippen LogP contribution in [0.2, 0.25) is 4.34 Å². The largest absolute Gasteiger partial charge is 0.321 e. The van der Waals surface area contributed by atoms with Crippen molar-refractivity contribution in [2.75, 3.05) is 18.4 Å². The van der Waals surface area contributed by atoms with Crippen LogP contribution >= 0.6 is 22.9 Å². The Bertz CT molecular complexity index is 1290. The number of amides is 1. The number of carbonyl (C=O) groups is 1. The fraction of sp³-hybridized carbons (Fsp3) is 0.250. The zero-order chi connectivity index (χ0) is 20.0. The average molecular weight is 428 g/mol. The van der Waals surface area contributed by atoms with Crippen molar-refractivity contribution < 1.29 is 4.79 Å². The number of hydrogen-bond acceptors (Lipinski definition) is 5. The molecular weight excluding hydrogens is 410 g/mol. The highest BCUT2D eigenvalue weighted by Crippen LogP contribution is 2.31. The number of nitrogens with one attached hydrogen (secondary N) is 3. The van der Waals surface area contributed by atoms with E-state index in [1.807, 2.05) is 22.7 Å². The molecule has 1 aromatic carbocycles. The average Bonchev–Trinajstić information content (AvgIpc) is 3.32. The van der Waals surface area contributed by atoms with Gasteiger partial charge in [-0.05, 0) is 50.2 Å². The Hall–Kier alpha value is -2.68. The van der Waals surface area contributed by atoms with Crippen molar-refractivity contribution >= 4 is 51.1 Å². The van der Waals surface area contributed by atoms with Crippen LogP contribution in [0.5, 0.6) is 0 Å². The molecule has 3 N–H and O–H groups in total. The Labute approximate surface area is 174 Å². The molecule has 29 heavy (non-hydrogen) atoms. The van der Waals surface area contributed by atoms with Crippen molar-refractivity contribution in [1.82, 2.24) is 19.9 Å². The normalized spacial score (nSPS) is 15.2. The van der Waals surface area contributed by atoms with Gasteiger partial charge in [-0.2, -0.15) is 5.10 Å². The molecule has 9 heteroatoms. The molecule has 7 nitrogen and oxygen atoms in total. The summed E-state index contributed by atoms with van der Waals surface area (Å²) in [6.45, 7) is 1.84. The second kappa shape index (κ2) is 7.29. The van der Waals surface area contributed by atoms with Crippen LogP contribution < -0.4 is 16.2 Å². The third-order valence-corrected chi connectivity index (χ3v) is 6.50. The van der Waals surface area contributed by atoms with Gasteiger partial charge < -0.3 is 15.6 Å². The number of benzene rings is 1. The first-order valence-electron chi connectivity index (χ1n) is 9.42. The second-order valence-corrected chi connectivity index (χ2v) is 8.82. The summed E-state index contributed by atoms with van der Waals surface area (Å²) in [5.74, 6) is 0.0206. The molecule has 148 valence electrons. The molecule has 3 aromatic heterocycles. The number of aromatic nitrogens is 3. The van der Waals surface area contributed by atoms with Crippen LogP contribution in [-0.2, 0) is 0 Å². The minimum atomic E-state index is -0.245. The van der Waals surface area contributed by atoms with Crippen LogP contribution in [-0.4, -0.2) is 33.6 Å². The number of aromatic amines is 1. The lowest BCUT2D eigenvalue weighted by molar-refractivity contribution is 0.103. The SMILES string of the molecule is O=C(Nc1cccc2nn3c(C4CCNCC4)cc(=O)[nH]c3c12)c1ccc(Cl)s1. The van der Waals surface area contributed by atoms with E-state index in [0.717, 1.165) is 37.0 Å². The molecule has 1 aliphatic rings. The van der Waals surface area contributed by atoms with Crippen LogP contribution in [0.15, 0.2) is 41.2 Å². The highest BCUT2D eigenvalue weighted by molar-refractivity contribution is 7.18. The summed E-state index contributed by atoms with van der Waals surface area (Å²) in [5, 5.41) is 11.7. The first-order valence-corrected chi connectivity index (χ1v) is 10.6. The Morgan fingerprint density at radius 2 is 2.07 bits per heavy atom. The summed E-state index contributed by atoms with van der Waals surface area (Å²) < 4.78 is 2.37. The Morgan fingerprint density at radius 1 is 1.24 bits per heavy atom. The maximum absolute atomic E-state index is 12.6. The molecule has 1 saturated heterocycles. The number of anilines is 1. The predicted molar refractivity (Wildman–Crippen MR) is 115 cm³/mol. The fourth-order valence-electron chi connectivity index (χ4n) is 3.92. The Balaban J connectivity index is 1.64. The molecule has 1 amide bonds.